The molecule has 2 aromatic heterocycles. The van der Waals surface area contributed by atoms with Gasteiger partial charge in [-0.25, -0.2) is 9.66 Å². The molecule has 1 aliphatic carbocycles. The highest BCUT2D eigenvalue weighted by atomic mass is 35.5. The van der Waals surface area contributed by atoms with E-state index in [0.29, 0.717) is 34.1 Å². The molecule has 4 rings (SSSR count). The van der Waals surface area contributed by atoms with Crippen molar-refractivity contribution >= 4 is 39.1 Å². The Balaban J connectivity index is 1.80. The van der Waals surface area contributed by atoms with Crippen LogP contribution < -0.4 is 11.0 Å². The molecule has 1 aromatic carbocycles. The lowest BCUT2D eigenvalue weighted by atomic mass is 9.89. The molecule has 7 heteroatoms. The highest BCUT2D eigenvalue weighted by Gasteiger charge is 2.25. The molecule has 0 spiro atoms. The Morgan fingerprint density at radius 2 is 2.13 bits per heavy atom. The largest absolute Gasteiger partial charge is 0.281 e. The minimum Gasteiger partial charge on any atom is -0.267 e. The Labute approximate surface area is 185 Å². The van der Waals surface area contributed by atoms with Crippen LogP contribution in [0.25, 0.3) is 10.2 Å². The summed E-state index contributed by atoms with van der Waals surface area (Å²) in [5.41, 5.74) is 4.06. The van der Waals surface area contributed by atoms with E-state index >= 15 is 0 Å². The van der Waals surface area contributed by atoms with Gasteiger partial charge in [-0.2, -0.15) is 0 Å². The van der Waals surface area contributed by atoms with Gasteiger partial charge in [-0.15, -0.1) is 11.3 Å². The van der Waals surface area contributed by atoms with E-state index in [1.807, 2.05) is 0 Å². The first kappa shape index (κ1) is 21.1. The molecule has 0 radical (unpaired) electrons. The van der Waals surface area contributed by atoms with Crippen LogP contribution in [0, 0.1) is 5.92 Å². The van der Waals surface area contributed by atoms with Gasteiger partial charge in [0.1, 0.15) is 10.7 Å². The van der Waals surface area contributed by atoms with Crippen LogP contribution in [0.5, 0.6) is 0 Å². The SMILES string of the molecule is CCCCCc1nc2sc3c(c2c(=O)n1NC(=O)c1ccccc1Cl)C[C@H](C)CC3. The molecule has 1 amide bonds. The van der Waals surface area contributed by atoms with Crippen molar-refractivity contribution in [3.8, 4) is 0 Å². The summed E-state index contributed by atoms with van der Waals surface area (Å²) in [6.07, 6.45) is 6.70. The van der Waals surface area contributed by atoms with Crippen LogP contribution in [-0.4, -0.2) is 15.6 Å². The summed E-state index contributed by atoms with van der Waals surface area (Å²) in [5, 5.41) is 1.02. The number of benzene rings is 1. The monoisotopic (exact) mass is 443 g/mol. The lowest BCUT2D eigenvalue weighted by Gasteiger charge is -2.18. The maximum atomic E-state index is 13.6. The van der Waals surface area contributed by atoms with Crippen LogP contribution >= 0.6 is 22.9 Å². The molecular formula is C23H26ClN3O2S. The summed E-state index contributed by atoms with van der Waals surface area (Å²) in [6, 6.07) is 6.84. The van der Waals surface area contributed by atoms with E-state index < -0.39 is 5.91 Å². The van der Waals surface area contributed by atoms with Crippen molar-refractivity contribution in [2.24, 2.45) is 5.92 Å². The topological polar surface area (TPSA) is 64.0 Å². The molecule has 0 bridgehead atoms. The molecule has 0 unspecified atom stereocenters. The predicted octanol–water partition coefficient (Wildman–Crippen LogP) is 5.35. The van der Waals surface area contributed by atoms with Gasteiger partial charge in [-0.1, -0.05) is 50.4 Å². The van der Waals surface area contributed by atoms with Crippen LogP contribution in [0.1, 0.15) is 66.2 Å². The van der Waals surface area contributed by atoms with E-state index in [2.05, 4.69) is 19.3 Å². The number of fused-ring (bicyclic) bond motifs is 3. The summed E-state index contributed by atoms with van der Waals surface area (Å²) < 4.78 is 1.36. The fourth-order valence-corrected chi connectivity index (χ4v) is 5.51. The third kappa shape index (κ3) is 4.03. The minimum atomic E-state index is -0.405. The first-order valence-electron chi connectivity index (χ1n) is 10.6. The Bertz CT molecular complexity index is 1150. The highest BCUT2D eigenvalue weighted by molar-refractivity contribution is 7.18. The lowest BCUT2D eigenvalue weighted by Crippen LogP contribution is -2.36. The van der Waals surface area contributed by atoms with Crippen LogP contribution in [0.4, 0.5) is 0 Å². The molecule has 3 aromatic rings. The fraction of sp³-hybridized carbons (Fsp3) is 0.435. The van der Waals surface area contributed by atoms with E-state index in [-0.39, 0.29) is 5.56 Å². The number of unbranched alkanes of at least 4 members (excludes halogenated alkanes) is 2. The number of carbonyl (C=O) groups excluding carboxylic acids is 1. The molecule has 158 valence electrons. The van der Waals surface area contributed by atoms with Crippen molar-refractivity contribution in [2.45, 2.75) is 58.8 Å². The van der Waals surface area contributed by atoms with Gasteiger partial charge in [0.25, 0.3) is 11.5 Å². The zero-order valence-corrected chi connectivity index (χ0v) is 18.9. The molecule has 30 heavy (non-hydrogen) atoms. The van der Waals surface area contributed by atoms with Gasteiger partial charge in [0, 0.05) is 11.3 Å². The Morgan fingerprint density at radius 3 is 2.90 bits per heavy atom. The van der Waals surface area contributed by atoms with E-state index in [4.69, 9.17) is 16.6 Å². The number of rotatable bonds is 6. The first-order chi connectivity index (χ1) is 14.5. The van der Waals surface area contributed by atoms with Crippen LogP contribution in [-0.2, 0) is 19.3 Å². The van der Waals surface area contributed by atoms with Crippen LogP contribution in [0.15, 0.2) is 29.1 Å². The molecule has 0 aliphatic heterocycles. The second-order valence-corrected chi connectivity index (χ2v) is 9.57. The molecule has 0 fully saturated rings. The molecule has 5 nitrogen and oxygen atoms in total. The quantitative estimate of drug-likeness (QED) is 0.522. The van der Waals surface area contributed by atoms with Crippen molar-refractivity contribution < 1.29 is 4.79 Å². The van der Waals surface area contributed by atoms with Crippen molar-refractivity contribution in [1.29, 1.82) is 0 Å². The number of thiophene rings is 1. The number of hydrogen-bond donors (Lipinski definition) is 1. The number of carbonyl (C=O) groups is 1. The Kier molecular flexibility index (Phi) is 6.25. The second kappa shape index (κ2) is 8.90. The summed E-state index contributed by atoms with van der Waals surface area (Å²) in [6.45, 7) is 4.36. The number of halogens is 1. The summed E-state index contributed by atoms with van der Waals surface area (Å²) in [5.74, 6) is 0.746. The van der Waals surface area contributed by atoms with Crippen molar-refractivity contribution in [3.05, 3.63) is 61.5 Å². The zero-order valence-electron chi connectivity index (χ0n) is 17.3. The zero-order chi connectivity index (χ0) is 21.3. The van der Waals surface area contributed by atoms with E-state index in [0.717, 1.165) is 48.9 Å². The lowest BCUT2D eigenvalue weighted by molar-refractivity contribution is 0.101. The number of nitrogens with zero attached hydrogens (tertiary/aromatic N) is 2. The summed E-state index contributed by atoms with van der Waals surface area (Å²) in [7, 11) is 0. The first-order valence-corrected chi connectivity index (χ1v) is 11.8. The summed E-state index contributed by atoms with van der Waals surface area (Å²) in [4.78, 5) is 33.4. The van der Waals surface area contributed by atoms with E-state index in [1.54, 1.807) is 35.6 Å². The standard InChI is InChI=1S/C23H26ClN3O2S/c1-3-4-5-10-19-25-22-20(16-13-14(2)11-12-18(16)30-22)23(29)27(19)26-21(28)15-8-6-7-9-17(15)24/h6-9,14H,3-5,10-13H2,1-2H3,(H,26,28)/t14-/m1/s1. The maximum Gasteiger partial charge on any atom is 0.281 e. The van der Waals surface area contributed by atoms with Crippen LogP contribution in [0.3, 0.4) is 0 Å². The molecule has 0 saturated carbocycles. The van der Waals surface area contributed by atoms with Gasteiger partial charge in [-0.3, -0.25) is 15.0 Å². The van der Waals surface area contributed by atoms with Crippen LogP contribution in [0.2, 0.25) is 5.02 Å². The number of nitrogens with one attached hydrogen (secondary N) is 1. The van der Waals surface area contributed by atoms with Crippen molar-refractivity contribution in [1.82, 2.24) is 9.66 Å². The van der Waals surface area contributed by atoms with Gasteiger partial charge >= 0.3 is 0 Å². The van der Waals surface area contributed by atoms with Gasteiger partial charge in [0.05, 0.1) is 16.0 Å². The highest BCUT2D eigenvalue weighted by Crippen LogP contribution is 2.35. The van der Waals surface area contributed by atoms with Gasteiger partial charge in [0.15, 0.2) is 0 Å². The van der Waals surface area contributed by atoms with Gasteiger partial charge < -0.3 is 0 Å². The Hall–Kier alpha value is -2.18. The normalized spacial score (nSPS) is 15.9. The molecule has 2 heterocycles. The van der Waals surface area contributed by atoms with E-state index in [1.165, 1.54) is 9.55 Å². The van der Waals surface area contributed by atoms with Gasteiger partial charge in [0.2, 0.25) is 0 Å². The van der Waals surface area contributed by atoms with Crippen molar-refractivity contribution in [2.75, 3.05) is 5.43 Å². The third-order valence-corrected chi connectivity index (χ3v) is 7.25. The molecule has 1 aliphatic rings. The molecular weight excluding hydrogens is 418 g/mol. The minimum absolute atomic E-state index is 0.182. The molecule has 0 saturated heterocycles. The fourth-order valence-electron chi connectivity index (χ4n) is 4.06. The average Bonchev–Trinajstić information content (AvgIpc) is 3.08. The third-order valence-electron chi connectivity index (χ3n) is 5.73. The smallest absolute Gasteiger partial charge is 0.267 e. The summed E-state index contributed by atoms with van der Waals surface area (Å²) >= 11 is 7.83. The number of amides is 1. The maximum absolute atomic E-state index is 13.6. The average molecular weight is 444 g/mol. The number of aromatic nitrogens is 2. The molecule has 1 atom stereocenters. The van der Waals surface area contributed by atoms with Gasteiger partial charge in [-0.05, 0) is 49.3 Å². The van der Waals surface area contributed by atoms with E-state index in [9.17, 15) is 9.59 Å². The predicted molar refractivity (Wildman–Crippen MR) is 123 cm³/mol. The molecule has 1 N–H and O–H groups in total. The van der Waals surface area contributed by atoms with Crippen molar-refractivity contribution in [3.63, 3.8) is 0 Å². The number of aryl methyl sites for hydroxylation is 2. The number of hydrogen-bond acceptors (Lipinski definition) is 4. The Morgan fingerprint density at radius 1 is 1.33 bits per heavy atom. The second-order valence-electron chi connectivity index (χ2n) is 8.08.